The summed E-state index contributed by atoms with van der Waals surface area (Å²) in [6.07, 6.45) is -0.0527. The molecule has 0 saturated carbocycles. The van der Waals surface area contributed by atoms with Crippen molar-refractivity contribution in [3.63, 3.8) is 0 Å². The molecule has 1 aliphatic rings. The molecule has 4 atom stereocenters. The molecule has 0 spiro atoms. The van der Waals surface area contributed by atoms with Crippen molar-refractivity contribution in [3.05, 3.63) is 82.9 Å². The van der Waals surface area contributed by atoms with E-state index in [0.29, 0.717) is 11.4 Å². The maximum atomic E-state index is 12.0. The van der Waals surface area contributed by atoms with Crippen LogP contribution in [0.25, 0.3) is 0 Å². The minimum absolute atomic E-state index is 0.0113. The number of amides is 1. The third-order valence-corrected chi connectivity index (χ3v) is 7.80. The van der Waals surface area contributed by atoms with Gasteiger partial charge in [0, 0.05) is 22.9 Å². The van der Waals surface area contributed by atoms with Gasteiger partial charge in [-0.05, 0) is 30.2 Å². The molecule has 1 fully saturated rings. The molecule has 1 aliphatic heterocycles. The van der Waals surface area contributed by atoms with E-state index in [1.54, 1.807) is 29.2 Å². The van der Waals surface area contributed by atoms with Gasteiger partial charge >= 0.3 is 6.09 Å². The van der Waals surface area contributed by atoms with E-state index >= 15 is 0 Å². The molecular weight excluding hydrogens is 498 g/mol. The zero-order chi connectivity index (χ0) is 25.5. The van der Waals surface area contributed by atoms with Crippen LogP contribution in [0.1, 0.15) is 41.0 Å². The van der Waals surface area contributed by atoms with Gasteiger partial charge in [-0.3, -0.25) is 5.32 Å². The first-order valence-electron chi connectivity index (χ1n) is 11.5. The number of hydrogen-bond acceptors (Lipinski definition) is 9. The molecule has 0 unspecified atom stereocenters. The number of nitrogens with zero attached hydrogens (tertiary/aromatic N) is 2. The second-order valence-electron chi connectivity index (χ2n) is 8.36. The van der Waals surface area contributed by atoms with E-state index in [-0.39, 0.29) is 31.3 Å². The highest BCUT2D eigenvalue weighted by Crippen LogP contribution is 2.43. The summed E-state index contributed by atoms with van der Waals surface area (Å²) in [6, 6.07) is 15.1. The summed E-state index contributed by atoms with van der Waals surface area (Å²) < 4.78 is 18.9. The summed E-state index contributed by atoms with van der Waals surface area (Å²) in [7, 11) is 0. The first-order valence-corrected chi connectivity index (χ1v) is 13.3. The Balaban J connectivity index is 1.56. The summed E-state index contributed by atoms with van der Waals surface area (Å²) in [4.78, 5) is 12.0. The molecule has 8 nitrogen and oxygen atoms in total. The first-order chi connectivity index (χ1) is 17.5. The third-order valence-electron chi connectivity index (χ3n) is 5.74. The molecule has 2 aromatic carbocycles. The molecule has 2 heterocycles. The number of aliphatic hydroxyl groups is 1. The fourth-order valence-corrected chi connectivity index (χ4v) is 5.86. The second kappa shape index (κ2) is 12.5. The highest BCUT2D eigenvalue weighted by Gasteiger charge is 2.38. The van der Waals surface area contributed by atoms with E-state index < -0.39 is 12.4 Å². The third kappa shape index (κ3) is 6.71. The minimum atomic E-state index is -0.642. The Morgan fingerprint density at radius 2 is 2.03 bits per heavy atom. The number of thioether (sulfide) groups is 1. The molecule has 36 heavy (non-hydrogen) atoms. The van der Waals surface area contributed by atoms with Gasteiger partial charge in [0.25, 0.3) is 0 Å². The van der Waals surface area contributed by atoms with Crippen LogP contribution in [0.3, 0.4) is 0 Å². The van der Waals surface area contributed by atoms with Crippen LogP contribution in [0.2, 0.25) is 0 Å². The van der Waals surface area contributed by atoms with Crippen LogP contribution in [0.15, 0.2) is 65.5 Å². The lowest BCUT2D eigenvalue weighted by molar-refractivity contribution is -0.268. The Hall–Kier alpha value is -2.76. The molecule has 1 saturated heterocycles. The average Bonchev–Trinajstić information content (AvgIpc) is 3.32. The number of aliphatic hydroxyl groups excluding tert-OH is 1. The molecule has 0 bridgehead atoms. The van der Waals surface area contributed by atoms with Crippen molar-refractivity contribution in [2.45, 2.75) is 43.3 Å². The van der Waals surface area contributed by atoms with Crippen molar-refractivity contribution in [2.24, 2.45) is 5.92 Å². The van der Waals surface area contributed by atoms with Crippen LogP contribution in [0, 0.1) is 12.8 Å². The van der Waals surface area contributed by atoms with Gasteiger partial charge in [-0.25, -0.2) is 4.79 Å². The van der Waals surface area contributed by atoms with Gasteiger partial charge < -0.3 is 19.3 Å². The van der Waals surface area contributed by atoms with Crippen molar-refractivity contribution in [1.82, 2.24) is 10.2 Å². The Kier molecular flexibility index (Phi) is 9.11. The summed E-state index contributed by atoms with van der Waals surface area (Å²) in [5, 5.41) is 21.4. The summed E-state index contributed by atoms with van der Waals surface area (Å²) in [6.45, 7) is 7.71. The molecule has 0 radical (unpaired) electrons. The maximum Gasteiger partial charge on any atom is 0.411 e. The summed E-state index contributed by atoms with van der Waals surface area (Å²) in [5.74, 6) is 0.741. The number of ether oxygens (including phenoxy) is 3. The van der Waals surface area contributed by atoms with Crippen LogP contribution < -0.4 is 5.32 Å². The Labute approximate surface area is 218 Å². The number of aromatic nitrogens is 2. The lowest BCUT2D eigenvalue weighted by Crippen LogP contribution is -2.38. The number of carbonyl (C=O) groups is 1. The molecule has 2 N–H and O–H groups in total. The topological polar surface area (TPSA) is 103 Å². The van der Waals surface area contributed by atoms with Gasteiger partial charge in [0.1, 0.15) is 11.6 Å². The lowest BCUT2D eigenvalue weighted by atomic mass is 9.91. The summed E-state index contributed by atoms with van der Waals surface area (Å²) >= 11 is 3.18. The van der Waals surface area contributed by atoms with E-state index in [0.717, 1.165) is 26.0 Å². The molecule has 1 aromatic heterocycles. The molecule has 1 amide bonds. The van der Waals surface area contributed by atoms with Gasteiger partial charge in [-0.2, -0.15) is 0 Å². The van der Waals surface area contributed by atoms with Crippen molar-refractivity contribution in [1.29, 1.82) is 0 Å². The SMILES string of the molecule is C=CCOC(=O)Nc1cccc([C@@H]2O[C@H](CSc3nnc(C)s3)[C@H](C)[C@H](c3ccc(CO)cc3)O2)c1. The summed E-state index contributed by atoms with van der Waals surface area (Å²) in [5.41, 5.74) is 3.21. The zero-order valence-electron chi connectivity index (χ0n) is 20.1. The van der Waals surface area contributed by atoms with Crippen LogP contribution in [0.4, 0.5) is 10.5 Å². The van der Waals surface area contributed by atoms with Crippen molar-refractivity contribution in [3.8, 4) is 0 Å². The van der Waals surface area contributed by atoms with Crippen LogP contribution in [-0.2, 0) is 20.8 Å². The molecular formula is C26H29N3O5S2. The monoisotopic (exact) mass is 527 g/mol. The highest BCUT2D eigenvalue weighted by molar-refractivity contribution is 8.01. The van der Waals surface area contributed by atoms with Gasteiger partial charge in [-0.1, -0.05) is 79.1 Å². The normalized spacial score (nSPS) is 21.6. The van der Waals surface area contributed by atoms with Gasteiger partial charge in [0.05, 0.1) is 18.8 Å². The standard InChI is InChI=1S/C26H29N3O5S2/c1-4-12-32-25(31)27-21-7-5-6-20(13-21)24-33-22(15-35-26-29-28-17(3)36-26)16(2)23(34-24)19-10-8-18(14-30)9-11-19/h4-11,13,16,22-24,30H,1,12,14-15H2,2-3H3,(H,27,31)/t16-,22+,23+,24+/m0/s1. The zero-order valence-corrected chi connectivity index (χ0v) is 21.8. The molecule has 10 heteroatoms. The predicted octanol–water partition coefficient (Wildman–Crippen LogP) is 5.66. The number of rotatable bonds is 9. The fourth-order valence-electron chi connectivity index (χ4n) is 3.85. The van der Waals surface area contributed by atoms with Crippen molar-refractivity contribution < 1.29 is 24.1 Å². The van der Waals surface area contributed by atoms with Gasteiger partial charge in [0.2, 0.25) is 0 Å². The number of hydrogen-bond donors (Lipinski definition) is 2. The number of benzene rings is 2. The number of aryl methyl sites for hydroxylation is 1. The quantitative estimate of drug-likeness (QED) is 0.272. The van der Waals surface area contributed by atoms with E-state index in [1.165, 1.54) is 6.08 Å². The van der Waals surface area contributed by atoms with Gasteiger partial charge in [0.15, 0.2) is 10.6 Å². The average molecular weight is 528 g/mol. The minimum Gasteiger partial charge on any atom is -0.445 e. The molecule has 190 valence electrons. The van der Waals surface area contributed by atoms with Crippen LogP contribution in [0.5, 0.6) is 0 Å². The van der Waals surface area contributed by atoms with Crippen molar-refractivity contribution >= 4 is 34.9 Å². The van der Waals surface area contributed by atoms with E-state index in [1.807, 2.05) is 49.4 Å². The van der Waals surface area contributed by atoms with Gasteiger partial charge in [-0.15, -0.1) is 10.2 Å². The van der Waals surface area contributed by atoms with E-state index in [2.05, 4.69) is 29.0 Å². The number of carbonyl (C=O) groups excluding carboxylic acids is 1. The van der Waals surface area contributed by atoms with Crippen LogP contribution >= 0.6 is 23.1 Å². The van der Waals surface area contributed by atoms with E-state index in [4.69, 9.17) is 14.2 Å². The lowest BCUT2D eigenvalue weighted by Gasteiger charge is -2.41. The Bertz CT molecular complexity index is 1170. The molecule has 3 aromatic rings. The highest BCUT2D eigenvalue weighted by atomic mass is 32.2. The second-order valence-corrected chi connectivity index (χ2v) is 10.8. The Morgan fingerprint density at radius 3 is 2.72 bits per heavy atom. The number of nitrogens with one attached hydrogen (secondary N) is 1. The first kappa shape index (κ1) is 26.3. The van der Waals surface area contributed by atoms with E-state index in [9.17, 15) is 9.90 Å². The smallest absolute Gasteiger partial charge is 0.411 e. The largest absolute Gasteiger partial charge is 0.445 e. The number of anilines is 1. The predicted molar refractivity (Wildman–Crippen MR) is 140 cm³/mol. The molecule has 0 aliphatic carbocycles. The van der Waals surface area contributed by atoms with Crippen LogP contribution in [-0.4, -0.2) is 39.9 Å². The maximum absolute atomic E-state index is 12.0. The fraction of sp³-hybridized carbons (Fsp3) is 0.346. The molecule has 4 rings (SSSR count). The van der Waals surface area contributed by atoms with Crippen molar-refractivity contribution in [2.75, 3.05) is 17.7 Å². The Morgan fingerprint density at radius 1 is 1.22 bits per heavy atom.